The Morgan fingerprint density at radius 1 is 1.43 bits per heavy atom. The van der Waals surface area contributed by atoms with Gasteiger partial charge in [-0.3, -0.25) is 10.1 Å². The third-order valence-electron chi connectivity index (χ3n) is 3.03. The van der Waals surface area contributed by atoms with E-state index >= 15 is 0 Å². The van der Waals surface area contributed by atoms with Crippen LogP contribution in [0.1, 0.15) is 34.1 Å². The predicted molar refractivity (Wildman–Crippen MR) is 92.8 cm³/mol. The minimum Gasteiger partial charge on any atom is -0.465 e. The smallest absolute Gasteiger partial charge is 0.326 e. The highest BCUT2D eigenvalue weighted by atomic mass is 79.9. The van der Waals surface area contributed by atoms with E-state index in [1.54, 1.807) is 11.8 Å². The van der Waals surface area contributed by atoms with Gasteiger partial charge in [0.2, 0.25) is 0 Å². The summed E-state index contributed by atoms with van der Waals surface area (Å²) in [7, 11) is 0. The quantitative estimate of drug-likeness (QED) is 0.545. The van der Waals surface area contributed by atoms with E-state index in [0.29, 0.717) is 6.61 Å². The van der Waals surface area contributed by atoms with Crippen molar-refractivity contribution in [2.24, 2.45) is 0 Å². The lowest BCUT2D eigenvalue weighted by Gasteiger charge is -2.30. The summed E-state index contributed by atoms with van der Waals surface area (Å²) in [5.41, 5.74) is -0.640. The summed E-state index contributed by atoms with van der Waals surface area (Å²) in [6.45, 7) is 8.25. The van der Waals surface area contributed by atoms with E-state index in [4.69, 9.17) is 4.74 Å². The number of hydrogen-bond acceptors (Lipinski definition) is 4. The van der Waals surface area contributed by atoms with Gasteiger partial charge in [-0.25, -0.2) is 0 Å². The molecule has 0 heterocycles. The molecule has 0 aliphatic heterocycles. The molecule has 0 saturated heterocycles. The Kier molecular flexibility index (Phi) is 7.77. The Labute approximate surface area is 140 Å². The number of halogens is 1. The molecule has 0 saturated carbocycles. The monoisotopic (exact) mass is 373 g/mol. The van der Waals surface area contributed by atoms with Gasteiger partial charge >= 0.3 is 5.97 Å². The van der Waals surface area contributed by atoms with Crippen molar-refractivity contribution >= 4 is 33.7 Å². The molecule has 0 bridgehead atoms. The second-order valence-corrected chi connectivity index (χ2v) is 7.37. The van der Waals surface area contributed by atoms with Crippen LogP contribution >= 0.6 is 27.7 Å². The van der Waals surface area contributed by atoms with E-state index in [2.05, 4.69) is 27.3 Å². The van der Waals surface area contributed by atoms with Crippen molar-refractivity contribution < 1.29 is 9.53 Å². The minimum atomic E-state index is -0.640. The van der Waals surface area contributed by atoms with E-state index < -0.39 is 5.54 Å². The lowest BCUT2D eigenvalue weighted by atomic mass is 9.98. The van der Waals surface area contributed by atoms with E-state index in [9.17, 15) is 4.79 Å². The third-order valence-corrected chi connectivity index (χ3v) is 5.06. The van der Waals surface area contributed by atoms with E-state index in [1.807, 2.05) is 45.9 Å². The normalized spacial score (nSPS) is 14.0. The first kappa shape index (κ1) is 18.5. The van der Waals surface area contributed by atoms with Crippen LogP contribution in [0.3, 0.4) is 0 Å². The lowest BCUT2D eigenvalue weighted by Crippen LogP contribution is -2.53. The fourth-order valence-electron chi connectivity index (χ4n) is 2.09. The summed E-state index contributed by atoms with van der Waals surface area (Å²) in [6.07, 6.45) is 0.718. The van der Waals surface area contributed by atoms with E-state index in [-0.39, 0.29) is 12.0 Å². The number of esters is 1. The Hall–Kier alpha value is -0.520. The molecular weight excluding hydrogens is 350 g/mol. The zero-order valence-corrected chi connectivity index (χ0v) is 15.5. The molecule has 0 radical (unpaired) electrons. The molecule has 1 aromatic carbocycles. The van der Waals surface area contributed by atoms with Crippen molar-refractivity contribution in [2.75, 3.05) is 12.4 Å². The first-order valence-corrected chi connectivity index (χ1v) is 8.99. The van der Waals surface area contributed by atoms with E-state index in [0.717, 1.165) is 16.6 Å². The second kappa shape index (κ2) is 8.81. The van der Waals surface area contributed by atoms with Crippen molar-refractivity contribution in [1.82, 2.24) is 5.32 Å². The number of hydrogen-bond donors (Lipinski definition) is 1. The molecule has 1 rings (SSSR count). The number of carbonyl (C=O) groups is 1. The van der Waals surface area contributed by atoms with Gasteiger partial charge in [-0.2, -0.15) is 0 Å². The van der Waals surface area contributed by atoms with Gasteiger partial charge in [-0.1, -0.05) is 12.1 Å². The van der Waals surface area contributed by atoms with Crippen LogP contribution in [0.5, 0.6) is 0 Å². The average Bonchev–Trinajstić information content (AvgIpc) is 2.40. The molecule has 1 aromatic rings. The highest BCUT2D eigenvalue weighted by Gasteiger charge is 2.34. The highest BCUT2D eigenvalue weighted by Crippen LogP contribution is 2.29. The maximum atomic E-state index is 12.2. The van der Waals surface area contributed by atoms with Crippen LogP contribution in [-0.4, -0.2) is 29.9 Å². The zero-order valence-electron chi connectivity index (χ0n) is 13.1. The van der Waals surface area contributed by atoms with Crippen LogP contribution in [0.2, 0.25) is 0 Å². The fraction of sp³-hybridized carbons (Fsp3) is 0.562. The summed E-state index contributed by atoms with van der Waals surface area (Å²) in [5.74, 6) is 0.670. The van der Waals surface area contributed by atoms with Crippen LogP contribution in [0.25, 0.3) is 0 Å². The summed E-state index contributed by atoms with van der Waals surface area (Å²) < 4.78 is 6.30. The van der Waals surface area contributed by atoms with Gasteiger partial charge in [-0.05, 0) is 62.2 Å². The standard InChI is InChI=1S/C16H24BrNO2S/c1-5-20-15(19)16(4,18-12(2)3)10-11-21-14-9-7-6-8-13(14)17/h6-9,12,18H,5,10-11H2,1-4H3. The average molecular weight is 374 g/mol. The Bertz CT molecular complexity index is 467. The van der Waals surface area contributed by atoms with Gasteiger partial charge in [0.15, 0.2) is 0 Å². The molecule has 118 valence electrons. The lowest BCUT2D eigenvalue weighted by molar-refractivity contribution is -0.150. The highest BCUT2D eigenvalue weighted by molar-refractivity contribution is 9.10. The molecule has 3 nitrogen and oxygen atoms in total. The molecule has 0 aromatic heterocycles. The Balaban J connectivity index is 2.65. The van der Waals surface area contributed by atoms with Gasteiger partial charge in [0, 0.05) is 21.2 Å². The number of benzene rings is 1. The van der Waals surface area contributed by atoms with Crippen LogP contribution < -0.4 is 5.32 Å². The number of ether oxygens (including phenoxy) is 1. The van der Waals surface area contributed by atoms with Gasteiger partial charge in [0.05, 0.1) is 6.61 Å². The molecule has 0 spiro atoms. The van der Waals surface area contributed by atoms with Crippen LogP contribution in [-0.2, 0) is 9.53 Å². The summed E-state index contributed by atoms with van der Waals surface area (Å²) in [4.78, 5) is 13.4. The predicted octanol–water partition coefficient (Wildman–Crippen LogP) is 4.25. The van der Waals surface area contributed by atoms with Crippen molar-refractivity contribution in [1.29, 1.82) is 0 Å². The summed E-state index contributed by atoms with van der Waals surface area (Å²) >= 11 is 5.28. The zero-order chi connectivity index (χ0) is 15.9. The number of carbonyl (C=O) groups excluding carboxylic acids is 1. The first-order chi connectivity index (χ1) is 9.89. The van der Waals surface area contributed by atoms with Crippen LogP contribution in [0.4, 0.5) is 0 Å². The van der Waals surface area contributed by atoms with E-state index in [1.165, 1.54) is 4.90 Å². The van der Waals surface area contributed by atoms with Crippen molar-refractivity contribution in [3.63, 3.8) is 0 Å². The van der Waals surface area contributed by atoms with Crippen molar-refractivity contribution in [3.05, 3.63) is 28.7 Å². The van der Waals surface area contributed by atoms with Crippen molar-refractivity contribution in [3.8, 4) is 0 Å². The molecule has 1 unspecified atom stereocenters. The molecule has 0 aliphatic carbocycles. The van der Waals surface area contributed by atoms with Crippen molar-refractivity contribution in [2.45, 2.75) is 50.6 Å². The topological polar surface area (TPSA) is 38.3 Å². The molecule has 0 aliphatic rings. The van der Waals surface area contributed by atoms with Gasteiger partial charge in [0.25, 0.3) is 0 Å². The van der Waals surface area contributed by atoms with Crippen LogP contribution in [0.15, 0.2) is 33.6 Å². The molecule has 5 heteroatoms. The van der Waals surface area contributed by atoms with Gasteiger partial charge in [-0.15, -0.1) is 11.8 Å². The number of rotatable bonds is 8. The Morgan fingerprint density at radius 3 is 2.67 bits per heavy atom. The molecular formula is C16H24BrNO2S. The fourth-order valence-corrected chi connectivity index (χ4v) is 3.83. The number of nitrogens with one attached hydrogen (secondary N) is 1. The third kappa shape index (κ3) is 6.01. The maximum Gasteiger partial charge on any atom is 0.326 e. The SMILES string of the molecule is CCOC(=O)C(C)(CCSc1ccccc1Br)NC(C)C. The molecule has 21 heavy (non-hydrogen) atoms. The Morgan fingerprint density at radius 2 is 2.10 bits per heavy atom. The molecule has 0 fully saturated rings. The maximum absolute atomic E-state index is 12.2. The van der Waals surface area contributed by atoms with Gasteiger partial charge in [0.1, 0.15) is 5.54 Å². The molecule has 1 atom stereocenters. The summed E-state index contributed by atoms with van der Waals surface area (Å²) in [6, 6.07) is 8.35. The first-order valence-electron chi connectivity index (χ1n) is 7.21. The van der Waals surface area contributed by atoms with Gasteiger partial charge < -0.3 is 4.74 Å². The summed E-state index contributed by atoms with van der Waals surface area (Å²) in [5, 5.41) is 3.34. The largest absolute Gasteiger partial charge is 0.465 e. The number of thioether (sulfide) groups is 1. The minimum absolute atomic E-state index is 0.175. The molecule has 1 N–H and O–H groups in total. The second-order valence-electron chi connectivity index (χ2n) is 5.38. The molecule has 0 amide bonds. The van der Waals surface area contributed by atoms with Crippen LogP contribution in [0, 0.1) is 0 Å².